The van der Waals surface area contributed by atoms with E-state index in [1.807, 2.05) is 23.9 Å². The second-order valence-corrected chi connectivity index (χ2v) is 7.12. The second-order valence-electron chi connectivity index (χ2n) is 5.77. The lowest BCUT2D eigenvalue weighted by atomic mass is 9.91. The Bertz CT molecular complexity index is 674. The van der Waals surface area contributed by atoms with Crippen LogP contribution in [0.15, 0.2) is 35.5 Å². The van der Waals surface area contributed by atoms with E-state index in [1.54, 1.807) is 18.5 Å². The molecule has 0 bridgehead atoms. The molecule has 4 nitrogen and oxygen atoms in total. The van der Waals surface area contributed by atoms with Gasteiger partial charge in [-0.25, -0.2) is 0 Å². The molecule has 5 heteroatoms. The zero-order valence-electron chi connectivity index (χ0n) is 12.0. The summed E-state index contributed by atoms with van der Waals surface area (Å²) in [6, 6.07) is 5.39. The fraction of sp³-hybridized carbons (Fsp3) is 0.438. The first kappa shape index (κ1) is 14.3. The minimum Gasteiger partial charge on any atom is -0.264 e. The molecule has 1 heterocycles. The number of aromatic nitrogens is 1. The third-order valence-electron chi connectivity index (χ3n) is 4.13. The molecule has 0 spiro atoms. The molecule has 1 aromatic carbocycles. The lowest BCUT2D eigenvalue weighted by Gasteiger charge is -2.26. The van der Waals surface area contributed by atoms with E-state index in [0.29, 0.717) is 10.6 Å². The van der Waals surface area contributed by atoms with Crippen molar-refractivity contribution in [2.24, 2.45) is 5.92 Å². The number of nitro benzene ring substituents is 1. The third-order valence-corrected chi connectivity index (χ3v) is 5.51. The molecule has 2 atom stereocenters. The average molecular weight is 302 g/mol. The molecule has 0 N–H and O–H groups in total. The van der Waals surface area contributed by atoms with E-state index in [9.17, 15) is 10.1 Å². The number of non-ortho nitro benzene ring substituents is 1. The van der Waals surface area contributed by atoms with Crippen molar-refractivity contribution in [1.29, 1.82) is 0 Å². The van der Waals surface area contributed by atoms with Gasteiger partial charge in [-0.1, -0.05) is 19.8 Å². The van der Waals surface area contributed by atoms with E-state index in [2.05, 4.69) is 11.9 Å². The Morgan fingerprint density at radius 2 is 2.14 bits per heavy atom. The summed E-state index contributed by atoms with van der Waals surface area (Å²) in [5, 5.41) is 13.3. The van der Waals surface area contributed by atoms with Crippen LogP contribution in [0.4, 0.5) is 5.69 Å². The van der Waals surface area contributed by atoms with Crippen molar-refractivity contribution in [3.63, 3.8) is 0 Å². The van der Waals surface area contributed by atoms with Gasteiger partial charge in [0.25, 0.3) is 5.69 Å². The highest BCUT2D eigenvalue weighted by Gasteiger charge is 2.22. The van der Waals surface area contributed by atoms with Crippen molar-refractivity contribution in [3.05, 3.63) is 40.7 Å². The Balaban J connectivity index is 1.96. The Morgan fingerprint density at radius 3 is 2.90 bits per heavy atom. The number of benzene rings is 1. The van der Waals surface area contributed by atoms with Gasteiger partial charge in [0, 0.05) is 34.0 Å². The lowest BCUT2D eigenvalue weighted by Crippen LogP contribution is -2.14. The molecule has 3 rings (SSSR count). The maximum Gasteiger partial charge on any atom is 0.278 e. The molecule has 0 radical (unpaired) electrons. The van der Waals surface area contributed by atoms with Crippen molar-refractivity contribution in [3.8, 4) is 0 Å². The van der Waals surface area contributed by atoms with Gasteiger partial charge in [0.05, 0.1) is 10.3 Å². The molecule has 1 fully saturated rings. The Labute approximate surface area is 128 Å². The number of nitrogens with zero attached hydrogens (tertiary/aromatic N) is 2. The number of nitro groups is 1. The van der Waals surface area contributed by atoms with Crippen molar-refractivity contribution < 1.29 is 4.92 Å². The smallest absolute Gasteiger partial charge is 0.264 e. The highest BCUT2D eigenvalue weighted by molar-refractivity contribution is 8.00. The minimum atomic E-state index is -0.332. The van der Waals surface area contributed by atoms with Gasteiger partial charge in [0.2, 0.25) is 0 Å². The normalized spacial score (nSPS) is 22.3. The molecule has 0 amide bonds. The van der Waals surface area contributed by atoms with Gasteiger partial charge < -0.3 is 0 Å². The second kappa shape index (κ2) is 6.02. The molecule has 1 aromatic heterocycles. The largest absolute Gasteiger partial charge is 0.278 e. The fourth-order valence-electron chi connectivity index (χ4n) is 3.07. The summed E-state index contributed by atoms with van der Waals surface area (Å²) < 4.78 is 0. The predicted octanol–water partition coefficient (Wildman–Crippen LogP) is 4.81. The SMILES string of the molecule is CC1CCCC(Sc2ccc([N+](=O)[O-])c3cnccc23)C1. The fourth-order valence-corrected chi connectivity index (χ4v) is 4.59. The van der Waals surface area contributed by atoms with Gasteiger partial charge in [-0.3, -0.25) is 15.1 Å². The van der Waals surface area contributed by atoms with Crippen LogP contribution in [-0.2, 0) is 0 Å². The Morgan fingerprint density at radius 1 is 1.29 bits per heavy atom. The standard InChI is InChI=1S/C16H18N2O2S/c1-11-3-2-4-12(9-11)21-16-6-5-15(18(19)20)14-10-17-8-7-13(14)16/h5-8,10-12H,2-4,9H2,1H3. The van der Waals surface area contributed by atoms with E-state index in [4.69, 9.17) is 0 Å². The van der Waals surface area contributed by atoms with Crippen LogP contribution < -0.4 is 0 Å². The van der Waals surface area contributed by atoms with Crippen LogP contribution in [0.25, 0.3) is 10.8 Å². The molecule has 1 aliphatic carbocycles. The highest BCUT2D eigenvalue weighted by Crippen LogP contribution is 2.40. The monoisotopic (exact) mass is 302 g/mol. The van der Waals surface area contributed by atoms with Crippen molar-refractivity contribution in [2.75, 3.05) is 0 Å². The summed E-state index contributed by atoms with van der Waals surface area (Å²) >= 11 is 1.87. The number of rotatable bonds is 3. The maximum atomic E-state index is 11.1. The summed E-state index contributed by atoms with van der Waals surface area (Å²) in [5.41, 5.74) is 0.138. The molecule has 2 aromatic rings. The summed E-state index contributed by atoms with van der Waals surface area (Å²) in [4.78, 5) is 16.0. The quantitative estimate of drug-likeness (QED) is 0.603. The Hall–Kier alpha value is -1.62. The molecule has 21 heavy (non-hydrogen) atoms. The van der Waals surface area contributed by atoms with Gasteiger partial charge in [0.1, 0.15) is 0 Å². The van der Waals surface area contributed by atoms with Crippen LogP contribution in [0.5, 0.6) is 0 Å². The van der Waals surface area contributed by atoms with Gasteiger partial charge in [-0.15, -0.1) is 11.8 Å². The molecule has 1 aliphatic rings. The first-order valence-electron chi connectivity index (χ1n) is 7.33. The molecule has 0 saturated heterocycles. The Kier molecular flexibility index (Phi) is 4.10. The topological polar surface area (TPSA) is 56.0 Å². The summed E-state index contributed by atoms with van der Waals surface area (Å²) in [6.45, 7) is 2.31. The number of pyridine rings is 1. The van der Waals surface area contributed by atoms with Crippen LogP contribution >= 0.6 is 11.8 Å². The van der Waals surface area contributed by atoms with Crippen molar-refractivity contribution >= 4 is 28.2 Å². The van der Waals surface area contributed by atoms with Crippen LogP contribution in [0.2, 0.25) is 0 Å². The number of fused-ring (bicyclic) bond motifs is 1. The average Bonchev–Trinajstić information content (AvgIpc) is 2.47. The van der Waals surface area contributed by atoms with Crippen LogP contribution in [-0.4, -0.2) is 15.2 Å². The zero-order chi connectivity index (χ0) is 14.8. The first-order chi connectivity index (χ1) is 10.1. The number of hydrogen-bond acceptors (Lipinski definition) is 4. The van der Waals surface area contributed by atoms with Crippen LogP contribution in [0.1, 0.15) is 32.6 Å². The molecular formula is C16H18N2O2S. The number of hydrogen-bond donors (Lipinski definition) is 0. The van der Waals surface area contributed by atoms with Crippen molar-refractivity contribution in [1.82, 2.24) is 4.98 Å². The van der Waals surface area contributed by atoms with Crippen LogP contribution in [0, 0.1) is 16.0 Å². The van der Waals surface area contributed by atoms with Crippen molar-refractivity contribution in [2.45, 2.75) is 42.8 Å². The van der Waals surface area contributed by atoms with E-state index < -0.39 is 0 Å². The van der Waals surface area contributed by atoms with E-state index in [1.165, 1.54) is 25.7 Å². The molecule has 0 aliphatic heterocycles. The van der Waals surface area contributed by atoms with Gasteiger partial charge in [0.15, 0.2) is 0 Å². The summed E-state index contributed by atoms with van der Waals surface area (Å²) in [7, 11) is 0. The van der Waals surface area contributed by atoms with E-state index >= 15 is 0 Å². The summed E-state index contributed by atoms with van der Waals surface area (Å²) in [5.74, 6) is 0.780. The van der Waals surface area contributed by atoms with E-state index in [-0.39, 0.29) is 10.6 Å². The molecule has 2 unspecified atom stereocenters. The molecule has 110 valence electrons. The highest BCUT2D eigenvalue weighted by atomic mass is 32.2. The van der Waals surface area contributed by atoms with Gasteiger partial charge >= 0.3 is 0 Å². The molecular weight excluding hydrogens is 284 g/mol. The maximum absolute atomic E-state index is 11.1. The first-order valence-corrected chi connectivity index (χ1v) is 8.21. The predicted molar refractivity (Wildman–Crippen MR) is 85.7 cm³/mol. The van der Waals surface area contributed by atoms with Crippen LogP contribution in [0.3, 0.4) is 0 Å². The minimum absolute atomic E-state index is 0.138. The summed E-state index contributed by atoms with van der Waals surface area (Å²) in [6.07, 6.45) is 8.38. The van der Waals surface area contributed by atoms with E-state index in [0.717, 1.165) is 16.2 Å². The molecule has 1 saturated carbocycles. The lowest BCUT2D eigenvalue weighted by molar-refractivity contribution is -0.383. The third kappa shape index (κ3) is 3.02. The van der Waals surface area contributed by atoms with Gasteiger partial charge in [-0.05, 0) is 30.9 Å². The number of thioether (sulfide) groups is 1. The van der Waals surface area contributed by atoms with Gasteiger partial charge in [-0.2, -0.15) is 0 Å². The zero-order valence-corrected chi connectivity index (χ0v) is 12.8.